The lowest BCUT2D eigenvalue weighted by Gasteiger charge is -2.16. The van der Waals surface area contributed by atoms with E-state index in [0.29, 0.717) is 0 Å². The lowest BCUT2D eigenvalue weighted by atomic mass is 9.92. The first-order valence-electron chi connectivity index (χ1n) is 5.55. The highest BCUT2D eigenvalue weighted by Gasteiger charge is 2.27. The van der Waals surface area contributed by atoms with Gasteiger partial charge in [0.15, 0.2) is 18.1 Å². The monoisotopic (exact) mass is 297 g/mol. The van der Waals surface area contributed by atoms with Crippen LogP contribution in [0.3, 0.4) is 0 Å². The molecule has 1 aliphatic rings. The first-order valence-corrected chi connectivity index (χ1v) is 5.55. The molecule has 1 unspecified atom stereocenters. The highest BCUT2D eigenvalue weighted by molar-refractivity contribution is 5.74. The number of carbonyl (C=O) groups excluding carboxylic acids is 1. The van der Waals surface area contributed by atoms with Crippen molar-refractivity contribution in [1.82, 2.24) is 0 Å². The number of methoxy groups -OCH3 is 1. The predicted octanol–water partition coefficient (Wildman–Crippen LogP) is -1.21. The molecule has 92 valence electrons. The SMILES string of the molecule is COC(=O)C1CCC=C([n+]2ccccc2)C1.[Br-]. The Hall–Kier alpha value is -1.16. The molecule has 0 fully saturated rings. The minimum atomic E-state index is -0.0952. The summed E-state index contributed by atoms with van der Waals surface area (Å²) < 4.78 is 6.86. The highest BCUT2D eigenvalue weighted by Crippen LogP contribution is 2.24. The summed E-state index contributed by atoms with van der Waals surface area (Å²) in [6, 6.07) is 5.96. The molecule has 0 aromatic carbocycles. The van der Waals surface area contributed by atoms with E-state index in [1.54, 1.807) is 0 Å². The number of hydrogen-bond acceptors (Lipinski definition) is 2. The fourth-order valence-corrected chi connectivity index (χ4v) is 2.06. The van der Waals surface area contributed by atoms with E-state index in [4.69, 9.17) is 4.74 Å². The van der Waals surface area contributed by atoms with Crippen molar-refractivity contribution >= 4 is 11.7 Å². The van der Waals surface area contributed by atoms with E-state index in [9.17, 15) is 4.79 Å². The third-order valence-corrected chi connectivity index (χ3v) is 2.93. The summed E-state index contributed by atoms with van der Waals surface area (Å²) >= 11 is 0. The predicted molar refractivity (Wildman–Crippen MR) is 60.3 cm³/mol. The van der Waals surface area contributed by atoms with Crippen LogP contribution >= 0.6 is 0 Å². The largest absolute Gasteiger partial charge is 1.00 e. The van der Waals surface area contributed by atoms with E-state index in [1.165, 1.54) is 12.8 Å². The van der Waals surface area contributed by atoms with Gasteiger partial charge in [-0.15, -0.1) is 0 Å². The molecule has 1 aromatic rings. The van der Waals surface area contributed by atoms with Crippen molar-refractivity contribution in [2.45, 2.75) is 19.3 Å². The van der Waals surface area contributed by atoms with Gasteiger partial charge in [-0.2, -0.15) is 4.57 Å². The molecule has 0 spiro atoms. The molecule has 3 nitrogen and oxygen atoms in total. The van der Waals surface area contributed by atoms with Crippen LogP contribution in [0.5, 0.6) is 0 Å². The van der Waals surface area contributed by atoms with Crippen molar-refractivity contribution in [2.24, 2.45) is 5.92 Å². The second-order valence-corrected chi connectivity index (χ2v) is 3.98. The molecule has 0 saturated heterocycles. The van der Waals surface area contributed by atoms with E-state index in [2.05, 4.69) is 10.6 Å². The van der Waals surface area contributed by atoms with Gasteiger partial charge in [-0.3, -0.25) is 4.79 Å². The number of carbonyl (C=O) groups is 1. The van der Waals surface area contributed by atoms with E-state index in [1.807, 2.05) is 30.6 Å². The molecule has 0 radical (unpaired) electrons. The molecule has 0 saturated carbocycles. The van der Waals surface area contributed by atoms with E-state index < -0.39 is 0 Å². The molecule has 1 aromatic heterocycles. The van der Waals surface area contributed by atoms with Gasteiger partial charge in [0.2, 0.25) is 0 Å². The molecule has 1 aliphatic carbocycles. The highest BCUT2D eigenvalue weighted by atomic mass is 79.9. The lowest BCUT2D eigenvalue weighted by molar-refractivity contribution is -0.584. The van der Waals surface area contributed by atoms with Crippen LogP contribution in [0, 0.1) is 5.92 Å². The summed E-state index contributed by atoms with van der Waals surface area (Å²) in [6.45, 7) is 0. The Bertz CT molecular complexity index is 403. The second-order valence-electron chi connectivity index (χ2n) is 3.98. The Balaban J connectivity index is 0.00000144. The lowest BCUT2D eigenvalue weighted by Crippen LogP contribution is -3.00. The van der Waals surface area contributed by atoms with Crippen LogP contribution in [0.25, 0.3) is 5.70 Å². The summed E-state index contributed by atoms with van der Waals surface area (Å²) in [5, 5.41) is 0. The normalized spacial score (nSPS) is 18.9. The maximum atomic E-state index is 11.5. The van der Waals surface area contributed by atoms with Gasteiger partial charge >= 0.3 is 5.97 Å². The maximum Gasteiger partial charge on any atom is 0.309 e. The average Bonchev–Trinajstić information content (AvgIpc) is 2.39. The first kappa shape index (κ1) is 13.9. The third-order valence-electron chi connectivity index (χ3n) is 2.93. The van der Waals surface area contributed by atoms with Crippen LogP contribution in [-0.2, 0) is 9.53 Å². The van der Waals surface area contributed by atoms with Gasteiger partial charge in [-0.05, 0) is 18.9 Å². The summed E-state index contributed by atoms with van der Waals surface area (Å²) in [5.74, 6) is -0.0835. The molecule has 0 bridgehead atoms. The third kappa shape index (κ3) is 3.40. The van der Waals surface area contributed by atoms with Gasteiger partial charge in [0.05, 0.1) is 13.0 Å². The van der Waals surface area contributed by atoms with Gasteiger partial charge in [0.25, 0.3) is 0 Å². The quantitative estimate of drug-likeness (QED) is 0.507. The average molecular weight is 298 g/mol. The molecule has 0 N–H and O–H groups in total. The topological polar surface area (TPSA) is 30.2 Å². The maximum absolute atomic E-state index is 11.5. The molecule has 1 atom stereocenters. The molecule has 4 heteroatoms. The zero-order valence-corrected chi connectivity index (χ0v) is 11.4. The minimum Gasteiger partial charge on any atom is -1.00 e. The number of nitrogens with zero attached hydrogens (tertiary/aromatic N) is 1. The van der Waals surface area contributed by atoms with Crippen molar-refractivity contribution in [3.63, 3.8) is 0 Å². The Kier molecular flexibility index (Phi) is 5.35. The molecular weight excluding hydrogens is 282 g/mol. The van der Waals surface area contributed by atoms with Crippen molar-refractivity contribution in [2.75, 3.05) is 7.11 Å². The van der Waals surface area contributed by atoms with Crippen molar-refractivity contribution < 1.29 is 31.1 Å². The van der Waals surface area contributed by atoms with E-state index >= 15 is 0 Å². The standard InChI is InChI=1S/C13H16NO2.BrH/c1-16-13(15)11-6-5-7-12(10-11)14-8-3-2-4-9-14;/h2-4,7-9,11H,5-6,10H2,1H3;1H/q+1;/p-1. The number of hydrogen-bond donors (Lipinski definition) is 0. The Labute approximate surface area is 112 Å². The van der Waals surface area contributed by atoms with Gasteiger partial charge < -0.3 is 21.7 Å². The second kappa shape index (κ2) is 6.55. The molecule has 17 heavy (non-hydrogen) atoms. The number of aromatic nitrogens is 1. The summed E-state index contributed by atoms with van der Waals surface area (Å²) in [5.41, 5.74) is 1.18. The van der Waals surface area contributed by atoms with E-state index in [-0.39, 0.29) is 28.9 Å². The Morgan fingerprint density at radius 3 is 2.71 bits per heavy atom. The summed E-state index contributed by atoms with van der Waals surface area (Å²) in [4.78, 5) is 11.5. The van der Waals surface area contributed by atoms with Gasteiger partial charge in [0, 0.05) is 18.6 Å². The minimum absolute atomic E-state index is 0. The summed E-state index contributed by atoms with van der Waals surface area (Å²) in [6.07, 6.45) is 8.80. The molecule has 0 amide bonds. The van der Waals surface area contributed by atoms with Crippen molar-refractivity contribution in [3.05, 3.63) is 36.7 Å². The zero-order valence-electron chi connectivity index (χ0n) is 9.80. The van der Waals surface area contributed by atoms with Crippen LogP contribution in [0.2, 0.25) is 0 Å². The number of allylic oxidation sites excluding steroid dienone is 2. The summed E-state index contributed by atoms with van der Waals surface area (Å²) in [7, 11) is 1.45. The number of halogens is 1. The number of rotatable bonds is 2. The van der Waals surface area contributed by atoms with Gasteiger partial charge in [0.1, 0.15) is 0 Å². The molecule has 1 heterocycles. The van der Waals surface area contributed by atoms with Crippen molar-refractivity contribution in [1.29, 1.82) is 0 Å². The van der Waals surface area contributed by atoms with Gasteiger partial charge in [-0.25, -0.2) is 0 Å². The molecule has 0 aliphatic heterocycles. The van der Waals surface area contributed by atoms with E-state index in [0.717, 1.165) is 19.3 Å². The van der Waals surface area contributed by atoms with Crippen molar-refractivity contribution in [3.8, 4) is 0 Å². The zero-order chi connectivity index (χ0) is 11.4. The number of ether oxygens (including phenoxy) is 1. The van der Waals surface area contributed by atoms with Crippen LogP contribution in [0.4, 0.5) is 0 Å². The smallest absolute Gasteiger partial charge is 0.309 e. The van der Waals surface area contributed by atoms with Crippen LogP contribution in [0.15, 0.2) is 36.7 Å². The molecular formula is C13H16BrNO2. The van der Waals surface area contributed by atoms with Crippen LogP contribution in [-0.4, -0.2) is 13.1 Å². The first-order chi connectivity index (χ1) is 7.81. The van der Waals surface area contributed by atoms with Crippen LogP contribution < -0.4 is 21.5 Å². The Morgan fingerprint density at radius 2 is 2.06 bits per heavy atom. The fourth-order valence-electron chi connectivity index (χ4n) is 2.06. The fraction of sp³-hybridized carbons (Fsp3) is 0.385. The number of esters is 1. The van der Waals surface area contributed by atoms with Gasteiger partial charge in [-0.1, -0.05) is 6.07 Å². The molecule has 2 rings (SSSR count). The number of pyridine rings is 1. The van der Waals surface area contributed by atoms with Crippen LogP contribution in [0.1, 0.15) is 19.3 Å². The Morgan fingerprint density at radius 1 is 1.35 bits per heavy atom.